The van der Waals surface area contributed by atoms with Crippen LogP contribution >= 0.6 is 0 Å². The second-order valence-electron chi connectivity index (χ2n) is 5.47. The minimum absolute atomic E-state index is 0.151. The van der Waals surface area contributed by atoms with Crippen molar-refractivity contribution in [3.63, 3.8) is 0 Å². The van der Waals surface area contributed by atoms with Crippen LogP contribution in [-0.2, 0) is 11.3 Å². The molecule has 2 amide bonds. The van der Waals surface area contributed by atoms with E-state index in [0.29, 0.717) is 23.6 Å². The molecule has 3 aromatic rings. The average molecular weight is 335 g/mol. The van der Waals surface area contributed by atoms with Gasteiger partial charge in [0.1, 0.15) is 5.69 Å². The number of benzene rings is 1. The number of amides is 2. The third kappa shape index (κ3) is 4.32. The summed E-state index contributed by atoms with van der Waals surface area (Å²) in [7, 11) is 0. The van der Waals surface area contributed by atoms with Crippen LogP contribution in [0, 0.1) is 0 Å². The second-order valence-corrected chi connectivity index (χ2v) is 5.47. The lowest BCUT2D eigenvalue weighted by Gasteiger charge is -2.07. The number of hydrogen-bond donors (Lipinski definition) is 2. The fraction of sp³-hybridized carbons (Fsp3) is 0.105. The Morgan fingerprint density at radius 1 is 1.12 bits per heavy atom. The molecule has 126 valence electrons. The minimum atomic E-state index is -0.189. The fourth-order valence-electron chi connectivity index (χ4n) is 2.34. The van der Waals surface area contributed by atoms with E-state index in [1.807, 2.05) is 18.2 Å². The molecule has 1 aromatic carbocycles. The number of carbonyl (C=O) groups is 2. The third-order valence-electron chi connectivity index (χ3n) is 3.52. The Kier molecular flexibility index (Phi) is 4.89. The summed E-state index contributed by atoms with van der Waals surface area (Å²) in [5.41, 5.74) is 2.82. The first-order valence-corrected chi connectivity index (χ1v) is 7.76. The molecule has 0 saturated heterocycles. The predicted molar refractivity (Wildman–Crippen MR) is 93.9 cm³/mol. The Morgan fingerprint density at radius 2 is 1.92 bits per heavy atom. The summed E-state index contributed by atoms with van der Waals surface area (Å²) >= 11 is 0. The molecule has 0 fully saturated rings. The van der Waals surface area contributed by atoms with E-state index in [4.69, 9.17) is 4.42 Å². The van der Waals surface area contributed by atoms with Gasteiger partial charge in [0, 0.05) is 30.9 Å². The maximum Gasteiger partial charge on any atom is 0.251 e. The first-order valence-electron chi connectivity index (χ1n) is 7.76. The van der Waals surface area contributed by atoms with E-state index < -0.39 is 0 Å². The van der Waals surface area contributed by atoms with E-state index in [1.165, 1.54) is 6.92 Å². The molecule has 25 heavy (non-hydrogen) atoms. The van der Waals surface area contributed by atoms with Crippen molar-refractivity contribution >= 4 is 17.5 Å². The van der Waals surface area contributed by atoms with Crippen LogP contribution in [0.15, 0.2) is 65.4 Å². The molecule has 0 atom stereocenters. The van der Waals surface area contributed by atoms with Gasteiger partial charge in [0.2, 0.25) is 5.91 Å². The van der Waals surface area contributed by atoms with Crippen molar-refractivity contribution in [1.82, 2.24) is 10.3 Å². The number of nitrogens with one attached hydrogen (secondary N) is 2. The van der Waals surface area contributed by atoms with Crippen LogP contribution < -0.4 is 10.6 Å². The number of nitrogens with zero attached hydrogens (tertiary/aromatic N) is 1. The van der Waals surface area contributed by atoms with E-state index >= 15 is 0 Å². The summed E-state index contributed by atoms with van der Waals surface area (Å²) < 4.78 is 5.33. The van der Waals surface area contributed by atoms with Crippen molar-refractivity contribution in [2.75, 3.05) is 5.32 Å². The number of carbonyl (C=O) groups excluding carboxylic acids is 2. The molecule has 0 bridgehead atoms. The maximum absolute atomic E-state index is 12.2. The van der Waals surface area contributed by atoms with Gasteiger partial charge < -0.3 is 15.1 Å². The zero-order valence-corrected chi connectivity index (χ0v) is 13.7. The van der Waals surface area contributed by atoms with Crippen molar-refractivity contribution in [2.24, 2.45) is 0 Å². The van der Waals surface area contributed by atoms with Crippen molar-refractivity contribution in [3.05, 3.63) is 72.1 Å². The molecule has 0 aliphatic heterocycles. The van der Waals surface area contributed by atoms with E-state index in [2.05, 4.69) is 15.6 Å². The second kappa shape index (κ2) is 7.44. The number of anilines is 1. The van der Waals surface area contributed by atoms with Gasteiger partial charge in [-0.25, -0.2) is 0 Å². The maximum atomic E-state index is 12.2. The van der Waals surface area contributed by atoms with Gasteiger partial charge in [0.15, 0.2) is 5.76 Å². The topological polar surface area (TPSA) is 84.2 Å². The average Bonchev–Trinajstić information content (AvgIpc) is 3.15. The molecule has 2 heterocycles. The Hall–Kier alpha value is -3.41. The predicted octanol–water partition coefficient (Wildman–Crippen LogP) is 3.23. The Bertz CT molecular complexity index is 871. The highest BCUT2D eigenvalue weighted by atomic mass is 16.3. The number of aromatic nitrogens is 1. The monoisotopic (exact) mass is 335 g/mol. The van der Waals surface area contributed by atoms with Gasteiger partial charge in [-0.2, -0.15) is 0 Å². The Labute approximate surface area is 144 Å². The van der Waals surface area contributed by atoms with Crippen LogP contribution in [0.25, 0.3) is 11.5 Å². The molecule has 0 saturated carbocycles. The zero-order valence-electron chi connectivity index (χ0n) is 13.7. The van der Waals surface area contributed by atoms with Crippen LogP contribution in [0.3, 0.4) is 0 Å². The van der Waals surface area contributed by atoms with Gasteiger partial charge in [0.25, 0.3) is 5.91 Å². The first-order chi connectivity index (χ1) is 12.1. The SMILES string of the molecule is CC(=O)Nc1ccc(C(=O)NCc2ccnc(-c3ccco3)c2)cc1. The lowest BCUT2D eigenvalue weighted by Crippen LogP contribution is -2.22. The van der Waals surface area contributed by atoms with Gasteiger partial charge in [0.05, 0.1) is 6.26 Å². The highest BCUT2D eigenvalue weighted by molar-refractivity contribution is 5.95. The van der Waals surface area contributed by atoms with Gasteiger partial charge >= 0.3 is 0 Å². The summed E-state index contributed by atoms with van der Waals surface area (Å²) in [6.45, 7) is 1.81. The standard InChI is InChI=1S/C19H17N3O3/c1-13(23)22-16-6-4-15(5-7-16)19(24)21-12-14-8-9-20-17(11-14)18-3-2-10-25-18/h2-11H,12H2,1H3,(H,21,24)(H,22,23). The van der Waals surface area contributed by atoms with Gasteiger partial charge in [-0.15, -0.1) is 0 Å². The summed E-state index contributed by atoms with van der Waals surface area (Å²) in [6.07, 6.45) is 3.28. The van der Waals surface area contributed by atoms with E-state index in [0.717, 1.165) is 11.3 Å². The molecule has 0 radical (unpaired) electrons. The molecule has 2 N–H and O–H groups in total. The molecule has 0 aliphatic rings. The van der Waals surface area contributed by atoms with Gasteiger partial charge in [-0.05, 0) is 54.1 Å². The van der Waals surface area contributed by atoms with E-state index in [-0.39, 0.29) is 11.8 Å². The number of rotatable bonds is 5. The molecule has 6 nitrogen and oxygen atoms in total. The van der Waals surface area contributed by atoms with Crippen LogP contribution in [0.4, 0.5) is 5.69 Å². The largest absolute Gasteiger partial charge is 0.463 e. The number of hydrogen-bond acceptors (Lipinski definition) is 4. The van der Waals surface area contributed by atoms with Crippen molar-refractivity contribution < 1.29 is 14.0 Å². The normalized spacial score (nSPS) is 10.3. The highest BCUT2D eigenvalue weighted by Crippen LogP contribution is 2.18. The number of furan rings is 1. The summed E-state index contributed by atoms with van der Waals surface area (Å²) in [4.78, 5) is 27.5. The molecule has 0 unspecified atom stereocenters. The quantitative estimate of drug-likeness (QED) is 0.750. The van der Waals surface area contributed by atoms with E-state index in [9.17, 15) is 9.59 Å². The molecule has 0 spiro atoms. The first kappa shape index (κ1) is 16.4. The smallest absolute Gasteiger partial charge is 0.251 e. The van der Waals surface area contributed by atoms with Crippen LogP contribution in [0.5, 0.6) is 0 Å². The van der Waals surface area contributed by atoms with Crippen LogP contribution in [0.2, 0.25) is 0 Å². The number of pyridine rings is 1. The van der Waals surface area contributed by atoms with Gasteiger partial charge in [-0.1, -0.05) is 0 Å². The van der Waals surface area contributed by atoms with Crippen molar-refractivity contribution in [1.29, 1.82) is 0 Å². The Morgan fingerprint density at radius 3 is 2.60 bits per heavy atom. The molecular weight excluding hydrogens is 318 g/mol. The molecule has 3 rings (SSSR count). The van der Waals surface area contributed by atoms with Crippen LogP contribution in [-0.4, -0.2) is 16.8 Å². The summed E-state index contributed by atoms with van der Waals surface area (Å²) in [5, 5.41) is 5.53. The molecule has 6 heteroatoms. The van der Waals surface area contributed by atoms with Crippen molar-refractivity contribution in [2.45, 2.75) is 13.5 Å². The lowest BCUT2D eigenvalue weighted by atomic mass is 10.1. The summed E-state index contributed by atoms with van der Waals surface area (Å²) in [5.74, 6) is 0.342. The van der Waals surface area contributed by atoms with E-state index in [1.54, 1.807) is 42.8 Å². The Balaban J connectivity index is 1.62. The third-order valence-corrected chi connectivity index (χ3v) is 3.52. The molecule has 2 aromatic heterocycles. The van der Waals surface area contributed by atoms with Crippen molar-refractivity contribution in [3.8, 4) is 11.5 Å². The van der Waals surface area contributed by atoms with Crippen LogP contribution in [0.1, 0.15) is 22.8 Å². The lowest BCUT2D eigenvalue weighted by molar-refractivity contribution is -0.114. The molecule has 0 aliphatic carbocycles. The van der Waals surface area contributed by atoms with Gasteiger partial charge in [-0.3, -0.25) is 14.6 Å². The summed E-state index contributed by atoms with van der Waals surface area (Å²) in [6, 6.07) is 14.1. The zero-order chi connectivity index (χ0) is 17.6. The molecular formula is C19H17N3O3. The fourth-order valence-corrected chi connectivity index (χ4v) is 2.34. The minimum Gasteiger partial charge on any atom is -0.463 e. The highest BCUT2D eigenvalue weighted by Gasteiger charge is 2.07.